The van der Waals surface area contributed by atoms with Crippen LogP contribution >= 0.6 is 0 Å². The SMILES string of the molecule is O=C(CCS(=O)(=O)c1ccccc1)NCC(O)CO. The number of nitrogens with one attached hydrogen (secondary N) is 1. The smallest absolute Gasteiger partial charge is 0.221 e. The van der Waals surface area contributed by atoms with Gasteiger partial charge in [-0.25, -0.2) is 8.42 Å². The van der Waals surface area contributed by atoms with Crippen LogP contribution in [0.5, 0.6) is 0 Å². The Morgan fingerprint density at radius 2 is 1.89 bits per heavy atom. The average Bonchev–Trinajstić information content (AvgIpc) is 2.43. The van der Waals surface area contributed by atoms with Gasteiger partial charge in [0, 0.05) is 13.0 Å². The van der Waals surface area contributed by atoms with Crippen LogP contribution in [0, 0.1) is 0 Å². The van der Waals surface area contributed by atoms with Crippen LogP contribution in [0.4, 0.5) is 0 Å². The van der Waals surface area contributed by atoms with Crippen LogP contribution in [-0.2, 0) is 14.6 Å². The van der Waals surface area contributed by atoms with E-state index in [0.29, 0.717) is 0 Å². The highest BCUT2D eigenvalue weighted by atomic mass is 32.2. The molecule has 0 saturated carbocycles. The summed E-state index contributed by atoms with van der Waals surface area (Å²) >= 11 is 0. The van der Waals surface area contributed by atoms with Gasteiger partial charge in [-0.3, -0.25) is 4.79 Å². The third kappa shape index (κ3) is 5.37. The van der Waals surface area contributed by atoms with Crippen LogP contribution in [0.15, 0.2) is 35.2 Å². The van der Waals surface area contributed by atoms with Gasteiger partial charge in [-0.2, -0.15) is 0 Å². The monoisotopic (exact) mass is 287 g/mol. The summed E-state index contributed by atoms with van der Waals surface area (Å²) in [5.41, 5.74) is 0. The summed E-state index contributed by atoms with van der Waals surface area (Å²) in [5, 5.41) is 19.9. The van der Waals surface area contributed by atoms with E-state index in [1.54, 1.807) is 18.2 Å². The molecule has 0 heterocycles. The predicted molar refractivity (Wildman–Crippen MR) is 69.2 cm³/mol. The maximum absolute atomic E-state index is 11.9. The van der Waals surface area contributed by atoms with Gasteiger partial charge in [0.2, 0.25) is 5.91 Å². The molecule has 6 nitrogen and oxygen atoms in total. The van der Waals surface area contributed by atoms with Crippen molar-refractivity contribution in [2.45, 2.75) is 17.4 Å². The number of sulfone groups is 1. The topological polar surface area (TPSA) is 104 Å². The Labute approximate surface area is 112 Å². The number of carbonyl (C=O) groups excluding carboxylic acids is 1. The fourth-order valence-electron chi connectivity index (χ4n) is 1.36. The number of benzene rings is 1. The summed E-state index contributed by atoms with van der Waals surface area (Å²) in [4.78, 5) is 11.6. The van der Waals surface area contributed by atoms with Gasteiger partial charge < -0.3 is 15.5 Å². The van der Waals surface area contributed by atoms with Gasteiger partial charge in [0.1, 0.15) is 0 Å². The fourth-order valence-corrected chi connectivity index (χ4v) is 2.62. The Balaban J connectivity index is 2.46. The van der Waals surface area contributed by atoms with Gasteiger partial charge >= 0.3 is 0 Å². The van der Waals surface area contributed by atoms with E-state index in [1.807, 2.05) is 0 Å². The molecular formula is C12H17NO5S. The van der Waals surface area contributed by atoms with Crippen LogP contribution < -0.4 is 5.32 Å². The van der Waals surface area contributed by atoms with Gasteiger partial charge in [-0.05, 0) is 12.1 Å². The number of aliphatic hydroxyl groups excluding tert-OH is 2. The van der Waals surface area contributed by atoms with Gasteiger partial charge in [0.05, 0.1) is 23.4 Å². The largest absolute Gasteiger partial charge is 0.394 e. The van der Waals surface area contributed by atoms with Crippen molar-refractivity contribution < 1.29 is 23.4 Å². The molecule has 0 radical (unpaired) electrons. The summed E-state index contributed by atoms with van der Waals surface area (Å²) < 4.78 is 23.7. The highest BCUT2D eigenvalue weighted by molar-refractivity contribution is 7.91. The Morgan fingerprint density at radius 1 is 1.26 bits per heavy atom. The molecule has 0 aliphatic heterocycles. The highest BCUT2D eigenvalue weighted by Gasteiger charge is 2.16. The van der Waals surface area contributed by atoms with E-state index in [9.17, 15) is 13.2 Å². The molecule has 106 valence electrons. The third-order valence-electron chi connectivity index (χ3n) is 2.45. The van der Waals surface area contributed by atoms with E-state index >= 15 is 0 Å². The van der Waals surface area contributed by atoms with Crippen LogP contribution in [0.2, 0.25) is 0 Å². The van der Waals surface area contributed by atoms with Crippen molar-refractivity contribution in [2.24, 2.45) is 0 Å². The summed E-state index contributed by atoms with van der Waals surface area (Å²) in [6, 6.07) is 7.89. The predicted octanol–water partition coefficient (Wildman–Crippen LogP) is -0.680. The molecule has 0 spiro atoms. The molecule has 7 heteroatoms. The molecule has 1 amide bonds. The van der Waals surface area contributed by atoms with Crippen molar-refractivity contribution >= 4 is 15.7 Å². The number of rotatable bonds is 7. The summed E-state index contributed by atoms with van der Waals surface area (Å²) in [5.74, 6) is -0.773. The normalized spacial score (nSPS) is 12.9. The van der Waals surface area contributed by atoms with Crippen LogP contribution in [0.1, 0.15) is 6.42 Å². The lowest BCUT2D eigenvalue weighted by Crippen LogP contribution is -2.34. The molecule has 1 aromatic rings. The molecule has 1 unspecified atom stereocenters. The van der Waals surface area contributed by atoms with Gasteiger partial charge in [0.15, 0.2) is 9.84 Å². The van der Waals surface area contributed by atoms with Crippen molar-refractivity contribution in [1.29, 1.82) is 0 Å². The van der Waals surface area contributed by atoms with Gasteiger partial charge in [0.25, 0.3) is 0 Å². The lowest BCUT2D eigenvalue weighted by molar-refractivity contribution is -0.121. The number of hydrogen-bond acceptors (Lipinski definition) is 5. The van der Waals surface area contributed by atoms with Crippen molar-refractivity contribution in [3.05, 3.63) is 30.3 Å². The van der Waals surface area contributed by atoms with Gasteiger partial charge in [-0.1, -0.05) is 18.2 Å². The lowest BCUT2D eigenvalue weighted by atomic mass is 10.3. The molecule has 19 heavy (non-hydrogen) atoms. The zero-order valence-corrected chi connectivity index (χ0v) is 11.1. The Morgan fingerprint density at radius 3 is 2.47 bits per heavy atom. The number of aliphatic hydroxyl groups is 2. The Bertz CT molecular complexity index is 500. The number of hydrogen-bond donors (Lipinski definition) is 3. The molecule has 0 bridgehead atoms. The van der Waals surface area contributed by atoms with Gasteiger partial charge in [-0.15, -0.1) is 0 Å². The first-order valence-electron chi connectivity index (χ1n) is 5.79. The first-order valence-corrected chi connectivity index (χ1v) is 7.44. The molecular weight excluding hydrogens is 270 g/mol. The zero-order chi connectivity index (χ0) is 14.3. The maximum Gasteiger partial charge on any atom is 0.221 e. The number of carbonyl (C=O) groups is 1. The van der Waals surface area contributed by atoms with Crippen molar-refractivity contribution in [3.63, 3.8) is 0 Å². The second-order valence-electron chi connectivity index (χ2n) is 4.02. The van der Waals surface area contributed by atoms with Crippen LogP contribution in [0.25, 0.3) is 0 Å². The zero-order valence-electron chi connectivity index (χ0n) is 10.3. The van der Waals surface area contributed by atoms with E-state index in [4.69, 9.17) is 10.2 Å². The average molecular weight is 287 g/mol. The minimum absolute atomic E-state index is 0.0965. The highest BCUT2D eigenvalue weighted by Crippen LogP contribution is 2.10. The quantitative estimate of drug-likeness (QED) is 0.616. The first kappa shape index (κ1) is 15.6. The second-order valence-corrected chi connectivity index (χ2v) is 6.13. The molecule has 0 aromatic heterocycles. The molecule has 0 saturated heterocycles. The molecule has 1 rings (SSSR count). The Kier molecular flexibility index (Phi) is 5.94. The van der Waals surface area contributed by atoms with E-state index < -0.39 is 28.5 Å². The summed E-state index contributed by atoms with van der Waals surface area (Å²) in [6.07, 6.45) is -1.22. The van der Waals surface area contributed by atoms with Crippen LogP contribution in [0.3, 0.4) is 0 Å². The molecule has 1 atom stereocenters. The van der Waals surface area contributed by atoms with E-state index in [-0.39, 0.29) is 23.6 Å². The minimum atomic E-state index is -3.47. The Hall–Kier alpha value is -1.44. The molecule has 3 N–H and O–H groups in total. The lowest BCUT2D eigenvalue weighted by Gasteiger charge is -2.09. The van der Waals surface area contributed by atoms with E-state index in [2.05, 4.69) is 5.32 Å². The molecule has 1 aromatic carbocycles. The maximum atomic E-state index is 11.9. The van der Waals surface area contributed by atoms with Crippen molar-refractivity contribution in [3.8, 4) is 0 Å². The van der Waals surface area contributed by atoms with Crippen molar-refractivity contribution in [2.75, 3.05) is 18.9 Å². The van der Waals surface area contributed by atoms with E-state index in [1.165, 1.54) is 12.1 Å². The van der Waals surface area contributed by atoms with E-state index in [0.717, 1.165) is 0 Å². The molecule has 0 fully saturated rings. The number of amides is 1. The standard InChI is InChI=1S/C12H17NO5S/c14-9-10(15)8-13-12(16)6-7-19(17,18)11-4-2-1-3-5-11/h1-5,10,14-15H,6-9H2,(H,13,16). The minimum Gasteiger partial charge on any atom is -0.394 e. The fraction of sp³-hybridized carbons (Fsp3) is 0.417. The summed E-state index contributed by atoms with van der Waals surface area (Å²) in [7, 11) is -3.47. The van der Waals surface area contributed by atoms with Crippen LogP contribution in [-0.4, -0.2) is 49.5 Å². The summed E-state index contributed by atoms with van der Waals surface area (Å²) in [6.45, 7) is -0.552. The molecule has 0 aliphatic rings. The van der Waals surface area contributed by atoms with Crippen molar-refractivity contribution in [1.82, 2.24) is 5.32 Å². The first-order chi connectivity index (χ1) is 8.95. The third-order valence-corrected chi connectivity index (χ3v) is 4.18. The molecule has 0 aliphatic carbocycles. The second kappa shape index (κ2) is 7.22.